The van der Waals surface area contributed by atoms with Crippen molar-refractivity contribution >= 4 is 24.4 Å². The van der Waals surface area contributed by atoms with E-state index in [4.69, 9.17) is 14.0 Å². The van der Waals surface area contributed by atoms with Gasteiger partial charge in [0.25, 0.3) is 0 Å². The molecule has 0 unspecified atom stereocenters. The Bertz CT molecular complexity index is 872. The zero-order valence-corrected chi connectivity index (χ0v) is 18.2. The second-order valence-electron chi connectivity index (χ2n) is 9.30. The Balaban J connectivity index is 1.74. The Kier molecular flexibility index (Phi) is 5.49. The maximum Gasteiger partial charge on any atom is 0.496 e. The molecule has 1 N–H and O–H groups in total. The van der Waals surface area contributed by atoms with Crippen molar-refractivity contribution in [2.75, 3.05) is 5.32 Å². The summed E-state index contributed by atoms with van der Waals surface area (Å²) in [6, 6.07) is 9.54. The van der Waals surface area contributed by atoms with Crippen LogP contribution in [0.2, 0.25) is 0 Å². The molecule has 0 bridgehead atoms. The number of anilines is 1. The first-order valence-electron chi connectivity index (χ1n) is 9.77. The largest absolute Gasteiger partial charge is 0.496 e. The third-order valence-corrected chi connectivity index (χ3v) is 5.15. The second-order valence-corrected chi connectivity index (χ2v) is 9.30. The van der Waals surface area contributed by atoms with Gasteiger partial charge in [-0.25, -0.2) is 4.79 Å². The number of ether oxygens (including phenoxy) is 1. The SMILES string of the molecule is CC(C)(C)OC(=O)Nc1ccc(-c2cncc(B3OC(C)(C)C(C)(C)O3)c2)cc1. The summed E-state index contributed by atoms with van der Waals surface area (Å²) in [4.78, 5) is 16.3. The van der Waals surface area contributed by atoms with Crippen LogP contribution in [0.1, 0.15) is 48.5 Å². The number of pyridine rings is 1. The summed E-state index contributed by atoms with van der Waals surface area (Å²) in [6.45, 7) is 13.6. The molecule has 154 valence electrons. The second kappa shape index (κ2) is 7.46. The Labute approximate surface area is 173 Å². The Hall–Kier alpha value is -2.38. The fourth-order valence-corrected chi connectivity index (χ4v) is 2.89. The first-order valence-corrected chi connectivity index (χ1v) is 9.77. The van der Waals surface area contributed by atoms with Crippen LogP contribution < -0.4 is 10.8 Å². The number of hydrogen-bond donors (Lipinski definition) is 1. The number of amides is 1. The molecule has 1 aliphatic heterocycles. The zero-order chi connectivity index (χ0) is 21.4. The average Bonchev–Trinajstić information content (AvgIpc) is 2.82. The molecule has 0 saturated carbocycles. The van der Waals surface area contributed by atoms with Crippen molar-refractivity contribution in [2.45, 2.75) is 65.3 Å². The highest BCUT2D eigenvalue weighted by Crippen LogP contribution is 2.36. The zero-order valence-electron chi connectivity index (χ0n) is 18.2. The number of carbonyl (C=O) groups excluding carboxylic acids is 1. The lowest BCUT2D eigenvalue weighted by Crippen LogP contribution is -2.41. The monoisotopic (exact) mass is 396 g/mol. The minimum atomic E-state index is -0.538. The van der Waals surface area contributed by atoms with Gasteiger partial charge in [0, 0.05) is 23.5 Å². The predicted octanol–water partition coefficient (Wildman–Crippen LogP) is 4.39. The maximum atomic E-state index is 11.9. The first-order chi connectivity index (χ1) is 13.4. The van der Waals surface area contributed by atoms with Crippen molar-refractivity contribution in [2.24, 2.45) is 0 Å². The summed E-state index contributed by atoms with van der Waals surface area (Å²) in [7, 11) is -0.458. The van der Waals surface area contributed by atoms with E-state index in [0.717, 1.165) is 16.6 Å². The highest BCUT2D eigenvalue weighted by atomic mass is 16.7. The molecule has 2 aromatic rings. The summed E-state index contributed by atoms with van der Waals surface area (Å²) in [5.74, 6) is 0. The van der Waals surface area contributed by atoms with E-state index in [1.54, 1.807) is 12.4 Å². The molecule has 1 aromatic heterocycles. The molecule has 1 saturated heterocycles. The van der Waals surface area contributed by atoms with Gasteiger partial charge in [-0.05, 0) is 71.7 Å². The maximum absolute atomic E-state index is 11.9. The molecule has 1 aromatic carbocycles. The third kappa shape index (κ3) is 4.97. The highest BCUT2D eigenvalue weighted by molar-refractivity contribution is 6.62. The molecular formula is C22H29BN2O4. The molecule has 0 spiro atoms. The van der Waals surface area contributed by atoms with Crippen LogP contribution in [0.4, 0.5) is 10.5 Å². The van der Waals surface area contributed by atoms with E-state index in [1.165, 1.54) is 0 Å². The molecule has 1 aliphatic rings. The summed E-state index contributed by atoms with van der Waals surface area (Å²) < 4.78 is 17.5. The van der Waals surface area contributed by atoms with Crippen LogP contribution in [-0.4, -0.2) is 35.0 Å². The first kappa shape index (κ1) is 21.3. The quantitative estimate of drug-likeness (QED) is 0.779. The number of benzene rings is 1. The van der Waals surface area contributed by atoms with E-state index >= 15 is 0 Å². The van der Waals surface area contributed by atoms with Gasteiger partial charge >= 0.3 is 13.2 Å². The van der Waals surface area contributed by atoms with Gasteiger partial charge in [0.05, 0.1) is 11.2 Å². The van der Waals surface area contributed by atoms with Crippen molar-refractivity contribution in [1.29, 1.82) is 0 Å². The van der Waals surface area contributed by atoms with Gasteiger partial charge in [-0.3, -0.25) is 10.3 Å². The predicted molar refractivity (Wildman–Crippen MR) is 115 cm³/mol. The van der Waals surface area contributed by atoms with Crippen molar-refractivity contribution in [1.82, 2.24) is 4.98 Å². The Morgan fingerprint density at radius 1 is 1.00 bits per heavy atom. The van der Waals surface area contributed by atoms with Crippen LogP contribution >= 0.6 is 0 Å². The minimum absolute atomic E-state index is 0.400. The number of nitrogens with one attached hydrogen (secondary N) is 1. The number of aromatic nitrogens is 1. The summed E-state index contributed by atoms with van der Waals surface area (Å²) >= 11 is 0. The molecule has 0 radical (unpaired) electrons. The van der Waals surface area contributed by atoms with Gasteiger partial charge in [0.2, 0.25) is 0 Å². The van der Waals surface area contributed by atoms with E-state index in [2.05, 4.69) is 10.3 Å². The molecule has 3 rings (SSSR count). The number of nitrogens with zero attached hydrogens (tertiary/aromatic N) is 1. The lowest BCUT2D eigenvalue weighted by molar-refractivity contribution is 0.00578. The highest BCUT2D eigenvalue weighted by Gasteiger charge is 2.51. The summed E-state index contributed by atoms with van der Waals surface area (Å²) in [6.07, 6.45) is 3.09. The van der Waals surface area contributed by atoms with E-state index in [-0.39, 0.29) is 0 Å². The third-order valence-electron chi connectivity index (χ3n) is 5.15. The van der Waals surface area contributed by atoms with Crippen LogP contribution in [-0.2, 0) is 14.0 Å². The van der Waals surface area contributed by atoms with Crippen molar-refractivity contribution in [3.8, 4) is 11.1 Å². The topological polar surface area (TPSA) is 69.7 Å². The van der Waals surface area contributed by atoms with Crippen molar-refractivity contribution in [3.63, 3.8) is 0 Å². The van der Waals surface area contributed by atoms with Gasteiger partial charge in [-0.2, -0.15) is 0 Å². The fraction of sp³-hybridized carbons (Fsp3) is 0.455. The van der Waals surface area contributed by atoms with Gasteiger partial charge < -0.3 is 14.0 Å². The van der Waals surface area contributed by atoms with Gasteiger partial charge in [-0.1, -0.05) is 18.2 Å². The molecule has 2 heterocycles. The fourth-order valence-electron chi connectivity index (χ4n) is 2.89. The van der Waals surface area contributed by atoms with Gasteiger partial charge in [0.15, 0.2) is 0 Å². The Morgan fingerprint density at radius 3 is 2.14 bits per heavy atom. The Morgan fingerprint density at radius 2 is 1.59 bits per heavy atom. The molecule has 7 heteroatoms. The molecule has 1 amide bonds. The van der Waals surface area contributed by atoms with E-state index < -0.39 is 30.0 Å². The van der Waals surface area contributed by atoms with Crippen molar-refractivity contribution in [3.05, 3.63) is 42.7 Å². The van der Waals surface area contributed by atoms with Crippen molar-refractivity contribution < 1.29 is 18.8 Å². The summed E-state index contributed by atoms with van der Waals surface area (Å²) in [5, 5.41) is 2.73. The molecule has 0 aliphatic carbocycles. The molecule has 6 nitrogen and oxygen atoms in total. The van der Waals surface area contributed by atoms with Crippen LogP contribution in [0.25, 0.3) is 11.1 Å². The normalized spacial score (nSPS) is 17.8. The average molecular weight is 396 g/mol. The van der Waals surface area contributed by atoms with E-state index in [9.17, 15) is 4.79 Å². The number of hydrogen-bond acceptors (Lipinski definition) is 5. The summed E-state index contributed by atoms with van der Waals surface area (Å²) in [5.41, 5.74) is 2.12. The van der Waals surface area contributed by atoms with Crippen LogP contribution in [0.5, 0.6) is 0 Å². The standard InChI is InChI=1S/C22H29BN2O4/c1-20(2,3)27-19(26)25-18-10-8-15(9-11-18)16-12-17(14-24-13-16)23-28-21(4,5)22(6,7)29-23/h8-14H,1-7H3,(H,25,26). The van der Waals surface area contributed by atoms with Crippen LogP contribution in [0.3, 0.4) is 0 Å². The lowest BCUT2D eigenvalue weighted by atomic mass is 9.79. The van der Waals surface area contributed by atoms with E-state index in [0.29, 0.717) is 5.69 Å². The smallest absolute Gasteiger partial charge is 0.444 e. The van der Waals surface area contributed by atoms with Gasteiger partial charge in [0.1, 0.15) is 5.60 Å². The van der Waals surface area contributed by atoms with Crippen LogP contribution in [0.15, 0.2) is 42.7 Å². The number of carbonyl (C=O) groups is 1. The number of rotatable bonds is 3. The molecule has 29 heavy (non-hydrogen) atoms. The lowest BCUT2D eigenvalue weighted by Gasteiger charge is -2.32. The molecule has 1 fully saturated rings. The minimum Gasteiger partial charge on any atom is -0.444 e. The van der Waals surface area contributed by atoms with Crippen LogP contribution in [0, 0.1) is 0 Å². The molecular weight excluding hydrogens is 367 g/mol. The van der Waals surface area contributed by atoms with Gasteiger partial charge in [-0.15, -0.1) is 0 Å². The van der Waals surface area contributed by atoms with E-state index in [1.807, 2.05) is 78.8 Å². The molecule has 0 atom stereocenters.